The zero-order valence-corrected chi connectivity index (χ0v) is 6.06. The van der Waals surface area contributed by atoms with Gasteiger partial charge < -0.3 is 5.11 Å². The van der Waals surface area contributed by atoms with E-state index in [1.165, 1.54) is 19.1 Å². The first kappa shape index (κ1) is 8.14. The van der Waals surface area contributed by atoms with Crippen LogP contribution in [0.1, 0.15) is 11.1 Å². The van der Waals surface area contributed by atoms with Gasteiger partial charge >= 0.3 is 0 Å². The molecule has 1 N–H and O–H groups in total. The second kappa shape index (κ2) is 2.96. The molecule has 0 saturated heterocycles. The molecule has 11 heavy (non-hydrogen) atoms. The van der Waals surface area contributed by atoms with Gasteiger partial charge in [0, 0.05) is 5.56 Å². The number of benzene rings is 1. The molecule has 1 nitrogen and oxygen atoms in total. The molecule has 0 heterocycles. The van der Waals surface area contributed by atoms with Crippen molar-refractivity contribution in [2.45, 2.75) is 13.5 Å². The van der Waals surface area contributed by atoms with Crippen LogP contribution in [0.4, 0.5) is 8.78 Å². The van der Waals surface area contributed by atoms with Gasteiger partial charge in [-0.05, 0) is 12.5 Å². The SMILES string of the molecule is Cc1ccc(CO)c(F)c1F. The van der Waals surface area contributed by atoms with E-state index in [2.05, 4.69) is 0 Å². The molecule has 1 aromatic carbocycles. The normalized spacial score (nSPS) is 10.2. The monoisotopic (exact) mass is 158 g/mol. The summed E-state index contributed by atoms with van der Waals surface area (Å²) in [6.45, 7) is 1.00. The van der Waals surface area contributed by atoms with Crippen LogP contribution >= 0.6 is 0 Å². The largest absolute Gasteiger partial charge is 0.392 e. The Morgan fingerprint density at radius 2 is 1.91 bits per heavy atom. The number of hydrogen-bond donors (Lipinski definition) is 1. The molecule has 0 bridgehead atoms. The van der Waals surface area contributed by atoms with Crippen LogP contribution in [0.25, 0.3) is 0 Å². The fourth-order valence-corrected chi connectivity index (χ4v) is 0.808. The van der Waals surface area contributed by atoms with Crippen molar-refractivity contribution >= 4 is 0 Å². The van der Waals surface area contributed by atoms with Gasteiger partial charge in [-0.2, -0.15) is 0 Å². The van der Waals surface area contributed by atoms with E-state index in [0.717, 1.165) is 0 Å². The van der Waals surface area contributed by atoms with Crippen LogP contribution in [-0.2, 0) is 6.61 Å². The highest BCUT2D eigenvalue weighted by molar-refractivity contribution is 5.24. The van der Waals surface area contributed by atoms with Gasteiger partial charge in [-0.25, -0.2) is 8.78 Å². The van der Waals surface area contributed by atoms with Crippen molar-refractivity contribution in [1.82, 2.24) is 0 Å². The third kappa shape index (κ3) is 1.38. The first-order chi connectivity index (χ1) is 5.16. The van der Waals surface area contributed by atoms with Crippen molar-refractivity contribution in [3.05, 3.63) is 34.9 Å². The van der Waals surface area contributed by atoms with Gasteiger partial charge in [0.25, 0.3) is 0 Å². The molecular formula is C8H8F2O. The van der Waals surface area contributed by atoms with E-state index < -0.39 is 18.2 Å². The Morgan fingerprint density at radius 3 is 2.45 bits per heavy atom. The summed E-state index contributed by atoms with van der Waals surface area (Å²) in [6.07, 6.45) is 0. The first-order valence-corrected chi connectivity index (χ1v) is 3.21. The van der Waals surface area contributed by atoms with E-state index in [1.807, 2.05) is 0 Å². The van der Waals surface area contributed by atoms with Crippen LogP contribution in [-0.4, -0.2) is 5.11 Å². The third-order valence-corrected chi connectivity index (χ3v) is 1.53. The number of hydrogen-bond acceptors (Lipinski definition) is 1. The summed E-state index contributed by atoms with van der Waals surface area (Å²) in [6, 6.07) is 2.80. The lowest BCUT2D eigenvalue weighted by molar-refractivity contribution is 0.273. The van der Waals surface area contributed by atoms with Crippen LogP contribution in [0.3, 0.4) is 0 Å². The highest BCUT2D eigenvalue weighted by Crippen LogP contribution is 2.14. The van der Waals surface area contributed by atoms with Crippen molar-refractivity contribution in [3.8, 4) is 0 Å². The van der Waals surface area contributed by atoms with Crippen LogP contribution in [0, 0.1) is 18.6 Å². The maximum atomic E-state index is 12.7. The van der Waals surface area contributed by atoms with Gasteiger partial charge in [-0.15, -0.1) is 0 Å². The second-order valence-corrected chi connectivity index (χ2v) is 2.33. The quantitative estimate of drug-likeness (QED) is 0.660. The van der Waals surface area contributed by atoms with E-state index in [-0.39, 0.29) is 11.1 Å². The molecule has 0 aliphatic heterocycles. The summed E-state index contributed by atoms with van der Waals surface area (Å²) < 4.78 is 25.4. The zero-order chi connectivity index (χ0) is 8.43. The first-order valence-electron chi connectivity index (χ1n) is 3.21. The third-order valence-electron chi connectivity index (χ3n) is 1.53. The molecular weight excluding hydrogens is 150 g/mol. The topological polar surface area (TPSA) is 20.2 Å². The maximum Gasteiger partial charge on any atom is 0.164 e. The minimum Gasteiger partial charge on any atom is -0.392 e. The maximum absolute atomic E-state index is 12.7. The fourth-order valence-electron chi connectivity index (χ4n) is 0.808. The van der Waals surface area contributed by atoms with Crippen molar-refractivity contribution in [2.24, 2.45) is 0 Å². The summed E-state index contributed by atoms with van der Waals surface area (Å²) >= 11 is 0. The predicted molar refractivity (Wildman–Crippen MR) is 37.0 cm³/mol. The molecule has 0 radical (unpaired) electrons. The molecule has 0 aliphatic carbocycles. The average molecular weight is 158 g/mol. The molecule has 0 saturated carbocycles. The Labute approximate surface area is 63.3 Å². The standard InChI is InChI=1S/C8H8F2O/c1-5-2-3-6(4-11)8(10)7(5)9/h2-3,11H,4H2,1H3. The van der Waals surface area contributed by atoms with Crippen molar-refractivity contribution in [2.75, 3.05) is 0 Å². The Bertz CT molecular complexity index is 271. The van der Waals surface area contributed by atoms with Gasteiger partial charge in [0.2, 0.25) is 0 Å². The van der Waals surface area contributed by atoms with E-state index >= 15 is 0 Å². The summed E-state index contributed by atoms with van der Waals surface area (Å²) in [5.74, 6) is -1.83. The molecule has 0 fully saturated rings. The van der Waals surface area contributed by atoms with Crippen LogP contribution in [0.15, 0.2) is 12.1 Å². The number of aryl methyl sites for hydroxylation is 1. The summed E-state index contributed by atoms with van der Waals surface area (Å²) in [5, 5.41) is 8.53. The predicted octanol–water partition coefficient (Wildman–Crippen LogP) is 1.77. The molecule has 3 heteroatoms. The van der Waals surface area contributed by atoms with Gasteiger partial charge in [-0.3, -0.25) is 0 Å². The number of aliphatic hydroxyl groups excluding tert-OH is 1. The summed E-state index contributed by atoms with van der Waals surface area (Å²) in [5.41, 5.74) is 0.243. The molecule has 0 aromatic heterocycles. The zero-order valence-electron chi connectivity index (χ0n) is 6.06. The van der Waals surface area contributed by atoms with E-state index in [1.54, 1.807) is 0 Å². The van der Waals surface area contributed by atoms with Crippen molar-refractivity contribution in [1.29, 1.82) is 0 Å². The van der Waals surface area contributed by atoms with Crippen LogP contribution in [0.5, 0.6) is 0 Å². The van der Waals surface area contributed by atoms with Crippen LogP contribution in [0.2, 0.25) is 0 Å². The minimum atomic E-state index is -0.951. The van der Waals surface area contributed by atoms with Crippen molar-refractivity contribution in [3.63, 3.8) is 0 Å². The molecule has 1 aromatic rings. The van der Waals surface area contributed by atoms with E-state index in [9.17, 15) is 8.78 Å². The highest BCUT2D eigenvalue weighted by atomic mass is 19.2. The second-order valence-electron chi connectivity index (χ2n) is 2.33. The highest BCUT2D eigenvalue weighted by Gasteiger charge is 2.08. The molecule has 1 rings (SSSR count). The van der Waals surface area contributed by atoms with Gasteiger partial charge in [0.15, 0.2) is 11.6 Å². The molecule has 0 aliphatic rings. The van der Waals surface area contributed by atoms with Crippen molar-refractivity contribution < 1.29 is 13.9 Å². The van der Waals surface area contributed by atoms with E-state index in [0.29, 0.717) is 0 Å². The number of aliphatic hydroxyl groups is 1. The molecule has 0 spiro atoms. The Kier molecular flexibility index (Phi) is 2.19. The summed E-state index contributed by atoms with van der Waals surface area (Å²) in [4.78, 5) is 0. The van der Waals surface area contributed by atoms with Gasteiger partial charge in [-0.1, -0.05) is 12.1 Å². The minimum absolute atomic E-state index is 0.00639. The lowest BCUT2D eigenvalue weighted by Gasteiger charge is -2.01. The number of halogens is 2. The van der Waals surface area contributed by atoms with E-state index in [4.69, 9.17) is 5.11 Å². The number of rotatable bonds is 1. The van der Waals surface area contributed by atoms with Gasteiger partial charge in [0.05, 0.1) is 6.61 Å². The average Bonchev–Trinajstić information content (AvgIpc) is 2.01. The Balaban J connectivity index is 3.25. The molecule has 60 valence electrons. The smallest absolute Gasteiger partial charge is 0.164 e. The lowest BCUT2D eigenvalue weighted by Crippen LogP contribution is -1.95. The summed E-state index contributed by atoms with van der Waals surface area (Å²) in [7, 11) is 0. The molecule has 0 amide bonds. The molecule has 0 atom stereocenters. The Hall–Kier alpha value is -0.960. The fraction of sp³-hybridized carbons (Fsp3) is 0.250. The Morgan fingerprint density at radius 1 is 1.27 bits per heavy atom. The lowest BCUT2D eigenvalue weighted by atomic mass is 10.1. The van der Waals surface area contributed by atoms with Crippen LogP contribution < -0.4 is 0 Å². The van der Waals surface area contributed by atoms with Gasteiger partial charge in [0.1, 0.15) is 0 Å². The molecule has 0 unspecified atom stereocenters.